The van der Waals surface area contributed by atoms with Crippen LogP contribution in [-0.2, 0) is 12.6 Å². The number of rotatable bonds is 4. The van der Waals surface area contributed by atoms with Crippen LogP contribution in [0.15, 0.2) is 54.6 Å². The number of halogens is 3. The summed E-state index contributed by atoms with van der Waals surface area (Å²) in [5.41, 5.74) is 0.949. The first-order valence-electron chi connectivity index (χ1n) is 6.77. The minimum atomic E-state index is -4.31. The summed E-state index contributed by atoms with van der Waals surface area (Å²) in [7, 11) is 0. The first kappa shape index (κ1) is 15.6. The number of alkyl halides is 3. The molecule has 0 radical (unpaired) electrons. The monoisotopic (exact) mass is 294 g/mol. The van der Waals surface area contributed by atoms with E-state index in [9.17, 15) is 18.3 Å². The fourth-order valence-electron chi connectivity index (χ4n) is 2.29. The van der Waals surface area contributed by atoms with Crippen molar-refractivity contribution in [2.24, 2.45) is 5.92 Å². The van der Waals surface area contributed by atoms with Crippen LogP contribution in [0.25, 0.3) is 0 Å². The molecule has 0 saturated carbocycles. The lowest BCUT2D eigenvalue weighted by molar-refractivity contribution is -0.137. The second-order valence-corrected chi connectivity index (χ2v) is 5.23. The van der Waals surface area contributed by atoms with Crippen LogP contribution in [0.3, 0.4) is 0 Å². The highest BCUT2D eigenvalue weighted by Gasteiger charge is 2.30. The molecule has 1 N–H and O–H groups in total. The Bertz CT molecular complexity index is 561. The Hall–Kier alpha value is -1.81. The molecule has 4 heteroatoms. The minimum Gasteiger partial charge on any atom is -0.388 e. The second kappa shape index (κ2) is 6.31. The molecule has 0 bridgehead atoms. The van der Waals surface area contributed by atoms with Crippen LogP contribution in [0.4, 0.5) is 13.2 Å². The SMILES string of the molecule is CC(Cc1ccc(C(F)(F)F)cc1)C(O)c1ccccc1. The average Bonchev–Trinajstić information content (AvgIpc) is 2.47. The maximum atomic E-state index is 12.5. The summed E-state index contributed by atoms with van der Waals surface area (Å²) in [6.45, 7) is 1.88. The average molecular weight is 294 g/mol. The zero-order valence-corrected chi connectivity index (χ0v) is 11.6. The number of benzene rings is 2. The molecule has 112 valence electrons. The van der Waals surface area contributed by atoms with Gasteiger partial charge < -0.3 is 5.11 Å². The summed E-state index contributed by atoms with van der Waals surface area (Å²) in [5, 5.41) is 10.3. The van der Waals surface area contributed by atoms with Gasteiger partial charge in [-0.25, -0.2) is 0 Å². The predicted octanol–water partition coefficient (Wildman–Crippen LogP) is 4.62. The third kappa shape index (κ3) is 4.08. The molecule has 21 heavy (non-hydrogen) atoms. The molecular weight excluding hydrogens is 277 g/mol. The van der Waals surface area contributed by atoms with Gasteiger partial charge in [0.1, 0.15) is 0 Å². The molecule has 0 spiro atoms. The van der Waals surface area contributed by atoms with Crippen molar-refractivity contribution in [2.45, 2.75) is 25.6 Å². The zero-order valence-electron chi connectivity index (χ0n) is 11.6. The second-order valence-electron chi connectivity index (χ2n) is 5.23. The van der Waals surface area contributed by atoms with Gasteiger partial charge in [0.2, 0.25) is 0 Å². The highest BCUT2D eigenvalue weighted by Crippen LogP contribution is 2.30. The number of hydrogen-bond acceptors (Lipinski definition) is 1. The highest BCUT2D eigenvalue weighted by molar-refractivity contribution is 5.25. The largest absolute Gasteiger partial charge is 0.416 e. The third-order valence-electron chi connectivity index (χ3n) is 3.52. The van der Waals surface area contributed by atoms with Crippen LogP contribution < -0.4 is 0 Å². The van der Waals surface area contributed by atoms with Crippen LogP contribution in [-0.4, -0.2) is 5.11 Å². The van der Waals surface area contributed by atoms with E-state index in [1.165, 1.54) is 12.1 Å². The van der Waals surface area contributed by atoms with E-state index in [4.69, 9.17) is 0 Å². The fourth-order valence-corrected chi connectivity index (χ4v) is 2.29. The Labute approximate surface area is 122 Å². The van der Waals surface area contributed by atoms with Crippen LogP contribution in [0, 0.1) is 5.92 Å². The molecular formula is C17H17F3O. The summed E-state index contributed by atoms with van der Waals surface area (Å²) in [5.74, 6) is -0.0795. The van der Waals surface area contributed by atoms with E-state index in [0.29, 0.717) is 6.42 Å². The molecule has 2 aromatic carbocycles. The Balaban J connectivity index is 2.04. The number of aliphatic hydroxyl groups is 1. The van der Waals surface area contributed by atoms with Crippen molar-refractivity contribution in [3.8, 4) is 0 Å². The smallest absolute Gasteiger partial charge is 0.388 e. The highest BCUT2D eigenvalue weighted by atomic mass is 19.4. The summed E-state index contributed by atoms with van der Waals surface area (Å²) in [6, 6.07) is 14.4. The summed E-state index contributed by atoms with van der Waals surface area (Å²) in [4.78, 5) is 0. The van der Waals surface area contributed by atoms with Gasteiger partial charge in [-0.2, -0.15) is 13.2 Å². The number of hydrogen-bond donors (Lipinski definition) is 1. The quantitative estimate of drug-likeness (QED) is 0.872. The third-order valence-corrected chi connectivity index (χ3v) is 3.52. The first-order valence-corrected chi connectivity index (χ1v) is 6.77. The van der Waals surface area contributed by atoms with Crippen LogP contribution in [0.2, 0.25) is 0 Å². The molecule has 0 aliphatic heterocycles. The van der Waals surface area contributed by atoms with E-state index in [1.54, 1.807) is 0 Å². The maximum absolute atomic E-state index is 12.5. The Kier molecular flexibility index (Phi) is 4.68. The summed E-state index contributed by atoms with van der Waals surface area (Å²) >= 11 is 0. The molecule has 0 heterocycles. The van der Waals surface area contributed by atoms with Gasteiger partial charge in [0.15, 0.2) is 0 Å². The Morgan fingerprint density at radius 1 is 0.952 bits per heavy atom. The van der Waals surface area contributed by atoms with Crippen molar-refractivity contribution < 1.29 is 18.3 Å². The summed E-state index contributed by atoms with van der Waals surface area (Å²) in [6.07, 6.45) is -4.42. The predicted molar refractivity (Wildman–Crippen MR) is 75.7 cm³/mol. The summed E-state index contributed by atoms with van der Waals surface area (Å²) < 4.78 is 37.5. The van der Waals surface area contributed by atoms with Crippen molar-refractivity contribution in [1.82, 2.24) is 0 Å². The number of aliphatic hydroxyl groups excluding tert-OH is 1. The normalized spacial score (nSPS) is 14.7. The van der Waals surface area contributed by atoms with Crippen LogP contribution in [0.1, 0.15) is 29.7 Å². The van der Waals surface area contributed by atoms with Gasteiger partial charge in [-0.1, -0.05) is 49.4 Å². The molecule has 1 nitrogen and oxygen atoms in total. The zero-order chi connectivity index (χ0) is 15.5. The van der Waals surface area contributed by atoms with E-state index in [-0.39, 0.29) is 5.92 Å². The van der Waals surface area contributed by atoms with Gasteiger partial charge in [0.05, 0.1) is 11.7 Å². The van der Waals surface area contributed by atoms with Gasteiger partial charge in [-0.15, -0.1) is 0 Å². The van der Waals surface area contributed by atoms with Crippen LogP contribution >= 0.6 is 0 Å². The van der Waals surface area contributed by atoms with Crippen molar-refractivity contribution >= 4 is 0 Å². The molecule has 0 aromatic heterocycles. The van der Waals surface area contributed by atoms with Crippen molar-refractivity contribution in [1.29, 1.82) is 0 Å². The minimum absolute atomic E-state index is 0.0795. The fraction of sp³-hybridized carbons (Fsp3) is 0.294. The Morgan fingerprint density at radius 2 is 1.52 bits per heavy atom. The molecule has 0 aliphatic rings. The lowest BCUT2D eigenvalue weighted by atomic mass is 9.91. The van der Waals surface area contributed by atoms with Gasteiger partial charge in [0.25, 0.3) is 0 Å². The van der Waals surface area contributed by atoms with Crippen molar-refractivity contribution in [3.05, 3.63) is 71.3 Å². The molecule has 2 unspecified atom stereocenters. The Morgan fingerprint density at radius 3 is 2.05 bits per heavy atom. The van der Waals surface area contributed by atoms with E-state index in [0.717, 1.165) is 23.3 Å². The maximum Gasteiger partial charge on any atom is 0.416 e. The van der Waals surface area contributed by atoms with E-state index in [2.05, 4.69) is 0 Å². The van der Waals surface area contributed by atoms with Gasteiger partial charge in [-0.3, -0.25) is 0 Å². The van der Waals surface area contributed by atoms with Gasteiger partial charge in [-0.05, 0) is 35.6 Å². The lowest BCUT2D eigenvalue weighted by Gasteiger charge is -2.19. The first-order chi connectivity index (χ1) is 9.88. The molecule has 0 fully saturated rings. The van der Waals surface area contributed by atoms with Gasteiger partial charge in [0, 0.05) is 0 Å². The van der Waals surface area contributed by atoms with Gasteiger partial charge >= 0.3 is 6.18 Å². The topological polar surface area (TPSA) is 20.2 Å². The molecule has 2 rings (SSSR count). The van der Waals surface area contributed by atoms with Crippen LogP contribution in [0.5, 0.6) is 0 Å². The lowest BCUT2D eigenvalue weighted by Crippen LogP contribution is -2.12. The molecule has 0 aliphatic carbocycles. The van der Waals surface area contributed by atoms with E-state index in [1.807, 2.05) is 37.3 Å². The standard InChI is InChI=1S/C17H17F3O/c1-12(16(21)14-5-3-2-4-6-14)11-13-7-9-15(10-8-13)17(18,19)20/h2-10,12,16,21H,11H2,1H3. The molecule has 2 atom stereocenters. The molecule has 2 aromatic rings. The molecule has 0 saturated heterocycles. The van der Waals surface area contributed by atoms with Crippen molar-refractivity contribution in [3.63, 3.8) is 0 Å². The van der Waals surface area contributed by atoms with E-state index < -0.39 is 17.8 Å². The molecule has 0 amide bonds. The van der Waals surface area contributed by atoms with E-state index >= 15 is 0 Å². The van der Waals surface area contributed by atoms with Crippen molar-refractivity contribution in [2.75, 3.05) is 0 Å².